The van der Waals surface area contributed by atoms with Crippen LogP contribution in [-0.4, -0.2) is 52.0 Å². The SMILES string of the molecule is Cn1nc(C(=O)O)c(-c2cccc(N3CCN(c4ccc(NSc5ccc(NSc6ccccc6)c([N+](=O)[O-])c5)cc4)CC3)c2)c1-c1ccc(Cl)cc1. The minimum atomic E-state index is -1.08. The van der Waals surface area contributed by atoms with Crippen molar-refractivity contribution in [1.29, 1.82) is 0 Å². The van der Waals surface area contributed by atoms with E-state index in [2.05, 4.69) is 42.5 Å². The molecule has 3 N–H and O–H groups in total. The van der Waals surface area contributed by atoms with Crippen LogP contribution in [0.4, 0.5) is 28.4 Å². The number of anilines is 4. The molecule has 53 heavy (non-hydrogen) atoms. The Morgan fingerprint density at radius 3 is 2.13 bits per heavy atom. The Labute approximate surface area is 320 Å². The van der Waals surface area contributed by atoms with Gasteiger partial charge in [-0.1, -0.05) is 54.1 Å². The fourth-order valence-electron chi connectivity index (χ4n) is 6.24. The molecule has 5 aromatic carbocycles. The van der Waals surface area contributed by atoms with E-state index in [0.29, 0.717) is 22.0 Å². The molecule has 14 heteroatoms. The molecule has 0 bridgehead atoms. The smallest absolute Gasteiger partial charge is 0.357 e. The molecule has 11 nitrogen and oxygen atoms in total. The number of carbonyl (C=O) groups is 1. The summed E-state index contributed by atoms with van der Waals surface area (Å²) in [6, 6.07) is 38.2. The summed E-state index contributed by atoms with van der Waals surface area (Å²) in [5.41, 5.74) is 6.34. The van der Waals surface area contributed by atoms with Crippen LogP contribution in [-0.2, 0) is 7.05 Å². The van der Waals surface area contributed by atoms with Crippen molar-refractivity contribution in [3.8, 4) is 22.4 Å². The van der Waals surface area contributed by atoms with Gasteiger partial charge in [-0.15, -0.1) is 0 Å². The van der Waals surface area contributed by atoms with Gasteiger partial charge in [0.1, 0.15) is 5.69 Å². The van der Waals surface area contributed by atoms with Crippen molar-refractivity contribution in [1.82, 2.24) is 9.78 Å². The lowest BCUT2D eigenvalue weighted by Gasteiger charge is -2.37. The van der Waals surface area contributed by atoms with Gasteiger partial charge < -0.3 is 24.4 Å². The van der Waals surface area contributed by atoms with Crippen molar-refractivity contribution < 1.29 is 14.8 Å². The average Bonchev–Trinajstić information content (AvgIpc) is 3.54. The third-order valence-electron chi connectivity index (χ3n) is 8.85. The Balaban J connectivity index is 0.979. The normalized spacial score (nSPS) is 12.8. The lowest BCUT2D eigenvalue weighted by Crippen LogP contribution is -2.46. The molecule has 1 saturated heterocycles. The number of hydrogen-bond acceptors (Lipinski definition) is 10. The molecule has 0 atom stereocenters. The molecule has 0 saturated carbocycles. The Bertz CT molecular complexity index is 2250. The maximum absolute atomic E-state index is 12.3. The number of benzene rings is 5. The maximum atomic E-state index is 12.3. The van der Waals surface area contributed by atoms with Crippen LogP contribution in [0.1, 0.15) is 10.5 Å². The molecular formula is C39H34ClN7O4S2. The summed E-state index contributed by atoms with van der Waals surface area (Å²) in [7, 11) is 1.75. The number of rotatable bonds is 12. The highest BCUT2D eigenvalue weighted by atomic mass is 35.5. The third kappa shape index (κ3) is 8.22. The molecule has 1 fully saturated rings. The second-order valence-corrected chi connectivity index (χ2v) is 14.4. The Morgan fingerprint density at radius 2 is 1.45 bits per heavy atom. The van der Waals surface area contributed by atoms with E-state index >= 15 is 0 Å². The van der Waals surface area contributed by atoms with Crippen LogP contribution < -0.4 is 19.2 Å². The summed E-state index contributed by atoms with van der Waals surface area (Å²) in [6.45, 7) is 3.19. The molecule has 0 aliphatic carbocycles. The lowest BCUT2D eigenvalue weighted by molar-refractivity contribution is -0.384. The number of nitro groups is 1. The highest BCUT2D eigenvalue weighted by Crippen LogP contribution is 2.38. The number of piperazine rings is 1. The topological polar surface area (TPSA) is 129 Å². The van der Waals surface area contributed by atoms with Gasteiger partial charge in [-0.3, -0.25) is 14.8 Å². The number of aryl methyl sites for hydroxylation is 1. The van der Waals surface area contributed by atoms with Gasteiger partial charge in [0, 0.05) is 82.3 Å². The highest BCUT2D eigenvalue weighted by molar-refractivity contribution is 8.00. The van der Waals surface area contributed by atoms with Crippen LogP contribution in [0.25, 0.3) is 22.4 Å². The Kier molecular flexibility index (Phi) is 10.8. The van der Waals surface area contributed by atoms with E-state index in [1.165, 1.54) is 23.9 Å². The molecule has 0 spiro atoms. The zero-order valence-electron chi connectivity index (χ0n) is 28.5. The summed E-state index contributed by atoms with van der Waals surface area (Å²) < 4.78 is 8.01. The van der Waals surface area contributed by atoms with E-state index in [9.17, 15) is 20.0 Å². The van der Waals surface area contributed by atoms with Gasteiger partial charge in [-0.25, -0.2) is 4.79 Å². The second kappa shape index (κ2) is 15.9. The Morgan fingerprint density at radius 1 is 0.774 bits per heavy atom. The summed E-state index contributed by atoms with van der Waals surface area (Å²) in [5.74, 6) is -1.08. The number of carboxylic acid groups (broad SMARTS) is 1. The van der Waals surface area contributed by atoms with Gasteiger partial charge in [0.25, 0.3) is 5.69 Å². The van der Waals surface area contributed by atoms with Crippen molar-refractivity contribution in [3.63, 3.8) is 0 Å². The lowest BCUT2D eigenvalue weighted by atomic mass is 9.98. The number of hydrogen-bond donors (Lipinski definition) is 3. The first-order valence-electron chi connectivity index (χ1n) is 16.7. The molecular weight excluding hydrogens is 730 g/mol. The predicted molar refractivity (Wildman–Crippen MR) is 215 cm³/mol. The molecule has 7 rings (SSSR count). The van der Waals surface area contributed by atoms with Gasteiger partial charge >= 0.3 is 5.97 Å². The van der Waals surface area contributed by atoms with Crippen LogP contribution in [0, 0.1) is 10.1 Å². The largest absolute Gasteiger partial charge is 0.476 e. The monoisotopic (exact) mass is 763 g/mol. The van der Waals surface area contributed by atoms with Crippen LogP contribution in [0.15, 0.2) is 131 Å². The maximum Gasteiger partial charge on any atom is 0.357 e. The minimum absolute atomic E-state index is 0.000917. The number of nitrogens with zero attached hydrogens (tertiary/aromatic N) is 5. The molecule has 1 aromatic heterocycles. The van der Waals surface area contributed by atoms with E-state index in [0.717, 1.165) is 64.2 Å². The first kappa shape index (κ1) is 35.8. The number of aromatic carboxylic acids is 1. The summed E-state index contributed by atoms with van der Waals surface area (Å²) in [4.78, 5) is 30.1. The van der Waals surface area contributed by atoms with Crippen LogP contribution in [0.2, 0.25) is 5.02 Å². The van der Waals surface area contributed by atoms with Crippen molar-refractivity contribution in [2.24, 2.45) is 7.05 Å². The van der Waals surface area contributed by atoms with E-state index in [1.54, 1.807) is 36.0 Å². The molecule has 6 aromatic rings. The number of halogens is 1. The molecule has 268 valence electrons. The number of nitrogens with one attached hydrogen (secondary N) is 2. The summed E-state index contributed by atoms with van der Waals surface area (Å²) in [5, 5.41) is 26.8. The second-order valence-electron chi connectivity index (χ2n) is 12.2. The molecule has 2 heterocycles. The van der Waals surface area contributed by atoms with E-state index in [-0.39, 0.29) is 16.3 Å². The molecule has 1 aliphatic rings. The van der Waals surface area contributed by atoms with Gasteiger partial charge in [-0.05, 0) is 102 Å². The minimum Gasteiger partial charge on any atom is -0.476 e. The van der Waals surface area contributed by atoms with Crippen molar-refractivity contribution >= 4 is 69.9 Å². The molecule has 1 aliphatic heterocycles. The van der Waals surface area contributed by atoms with Crippen LogP contribution in [0.5, 0.6) is 0 Å². The number of nitro benzene ring substituents is 1. The first-order chi connectivity index (χ1) is 25.7. The van der Waals surface area contributed by atoms with Crippen molar-refractivity contribution in [2.75, 3.05) is 45.4 Å². The van der Waals surface area contributed by atoms with E-state index in [4.69, 9.17) is 11.6 Å². The quantitative estimate of drug-likeness (QED) is 0.0626. The van der Waals surface area contributed by atoms with Crippen molar-refractivity contribution in [3.05, 3.63) is 142 Å². The summed E-state index contributed by atoms with van der Waals surface area (Å²) in [6.07, 6.45) is 0. The predicted octanol–water partition coefficient (Wildman–Crippen LogP) is 9.58. The average molecular weight is 764 g/mol. The van der Waals surface area contributed by atoms with Crippen molar-refractivity contribution in [2.45, 2.75) is 9.79 Å². The molecule has 0 unspecified atom stereocenters. The molecule has 0 radical (unpaired) electrons. The van der Waals surface area contributed by atoms with Crippen LogP contribution in [0.3, 0.4) is 0 Å². The Hall–Kier alpha value is -5.63. The van der Waals surface area contributed by atoms with Gasteiger partial charge in [-0.2, -0.15) is 5.10 Å². The standard InChI is InChI=1S/C39H34ClN7O4S2/c1-44-38(26-10-12-28(40)13-11-26)36(37(41-44)39(48)49)27-6-5-7-31(24-27)46-22-20-45(21-23-46)30-16-14-29(15-17-30)42-53-33-18-19-34(35(25-33)47(50)51)43-52-32-8-3-2-4-9-32/h2-19,24-25,42-43H,20-23H2,1H3,(H,48,49). The fraction of sp³-hybridized carbons (Fsp3) is 0.128. The zero-order chi connectivity index (χ0) is 36.9. The number of aromatic nitrogens is 2. The van der Waals surface area contributed by atoms with Gasteiger partial charge in [0.15, 0.2) is 5.69 Å². The van der Waals surface area contributed by atoms with Gasteiger partial charge in [0.2, 0.25) is 0 Å². The van der Waals surface area contributed by atoms with Crippen LogP contribution >= 0.6 is 35.5 Å². The van der Waals surface area contributed by atoms with E-state index < -0.39 is 5.97 Å². The highest BCUT2D eigenvalue weighted by Gasteiger charge is 2.25. The fourth-order valence-corrected chi connectivity index (χ4v) is 7.74. The summed E-state index contributed by atoms with van der Waals surface area (Å²) >= 11 is 8.78. The molecule has 0 amide bonds. The third-order valence-corrected chi connectivity index (χ3v) is 10.8. The zero-order valence-corrected chi connectivity index (χ0v) is 30.9. The van der Waals surface area contributed by atoms with Gasteiger partial charge in [0.05, 0.1) is 10.6 Å². The number of carboxylic acids is 1. The van der Waals surface area contributed by atoms with E-state index in [1.807, 2.05) is 78.9 Å². The first-order valence-corrected chi connectivity index (χ1v) is 18.7.